The van der Waals surface area contributed by atoms with Crippen LogP contribution in [0.15, 0.2) is 0 Å². The van der Waals surface area contributed by atoms with Crippen LogP contribution in [-0.2, 0) is 19.1 Å². The van der Waals surface area contributed by atoms with Gasteiger partial charge < -0.3 is 9.47 Å². The Morgan fingerprint density at radius 1 is 0.611 bits per heavy atom. The first kappa shape index (κ1) is 35.1. The predicted octanol–water partition coefficient (Wildman–Crippen LogP) is 9.04. The maximum atomic E-state index is 13.5. The van der Waals surface area contributed by atoms with Crippen LogP contribution in [0.4, 0.5) is 0 Å². The van der Waals surface area contributed by atoms with Gasteiger partial charge in [0.25, 0.3) is 0 Å². The molecule has 0 aromatic heterocycles. The fourth-order valence-corrected chi connectivity index (χ4v) is 4.63. The first-order valence-corrected chi connectivity index (χ1v) is 14.1. The van der Waals surface area contributed by atoms with E-state index in [9.17, 15) is 9.59 Å². The number of carbonyl (C=O) groups excluding carboxylic acids is 2. The van der Waals surface area contributed by atoms with Crippen molar-refractivity contribution in [2.24, 2.45) is 33.5 Å². The Hall–Kier alpha value is -0.900. The molecule has 4 heteroatoms. The molecule has 4 nitrogen and oxygen atoms in total. The Morgan fingerprint density at radius 2 is 1.03 bits per heavy atom. The number of hydrogen-bond donors (Lipinski definition) is 0. The molecule has 0 aliphatic carbocycles. The SMILES string of the molecule is CC(C)(C)CC(C(=O)OC(C)(C)CCCCOC(C)(C)C(=O)C(CC(C)(C)C)C(C)(C)C)C(C)(C)C. The summed E-state index contributed by atoms with van der Waals surface area (Å²) in [6.45, 7) is 34.2. The summed E-state index contributed by atoms with van der Waals surface area (Å²) in [6.07, 6.45) is 4.09. The lowest BCUT2D eigenvalue weighted by Crippen LogP contribution is -2.45. The third-order valence-electron chi connectivity index (χ3n) is 6.93. The summed E-state index contributed by atoms with van der Waals surface area (Å²) in [5.74, 6) is -0.116. The maximum Gasteiger partial charge on any atom is 0.310 e. The number of Topliss-reactive ketones (excluding diaryl/α,β-unsaturated/α-hetero) is 1. The number of carbonyl (C=O) groups is 2. The van der Waals surface area contributed by atoms with Crippen LogP contribution >= 0.6 is 0 Å². The molecule has 0 bridgehead atoms. The molecule has 0 aliphatic heterocycles. The van der Waals surface area contributed by atoms with E-state index in [1.807, 2.05) is 27.7 Å². The Balaban J connectivity index is 4.96. The lowest BCUT2D eigenvalue weighted by atomic mass is 9.67. The summed E-state index contributed by atoms with van der Waals surface area (Å²) in [7, 11) is 0. The minimum Gasteiger partial charge on any atom is -0.459 e. The lowest BCUT2D eigenvalue weighted by Gasteiger charge is -2.39. The third-order valence-corrected chi connectivity index (χ3v) is 6.93. The quantitative estimate of drug-likeness (QED) is 0.194. The highest BCUT2D eigenvalue weighted by molar-refractivity contribution is 5.89. The normalized spacial score (nSPS) is 16.0. The van der Waals surface area contributed by atoms with Crippen LogP contribution in [0.25, 0.3) is 0 Å². The zero-order chi connectivity index (χ0) is 29.0. The van der Waals surface area contributed by atoms with Gasteiger partial charge in [0.1, 0.15) is 11.2 Å². The van der Waals surface area contributed by atoms with E-state index in [1.165, 1.54) is 0 Å². The van der Waals surface area contributed by atoms with Gasteiger partial charge in [-0.05, 0) is 81.5 Å². The molecule has 0 amide bonds. The Bertz CT molecular complexity index is 702. The van der Waals surface area contributed by atoms with Gasteiger partial charge in [-0.3, -0.25) is 9.59 Å². The molecule has 0 aromatic rings. The van der Waals surface area contributed by atoms with E-state index >= 15 is 0 Å². The predicted molar refractivity (Wildman–Crippen MR) is 153 cm³/mol. The number of unbranched alkanes of at least 4 members (excludes halogenated alkanes) is 1. The van der Waals surface area contributed by atoms with Gasteiger partial charge in [-0.2, -0.15) is 0 Å². The zero-order valence-corrected chi connectivity index (χ0v) is 27.0. The highest BCUT2D eigenvalue weighted by atomic mass is 16.6. The highest BCUT2D eigenvalue weighted by Gasteiger charge is 2.42. The first-order chi connectivity index (χ1) is 15.7. The fourth-order valence-electron chi connectivity index (χ4n) is 4.63. The molecule has 2 atom stereocenters. The van der Waals surface area contributed by atoms with Crippen LogP contribution in [0, 0.1) is 33.5 Å². The van der Waals surface area contributed by atoms with Crippen molar-refractivity contribution in [3.8, 4) is 0 Å². The topological polar surface area (TPSA) is 52.6 Å². The molecule has 36 heavy (non-hydrogen) atoms. The summed E-state index contributed by atoms with van der Waals surface area (Å²) < 4.78 is 12.2. The van der Waals surface area contributed by atoms with Crippen LogP contribution in [0.5, 0.6) is 0 Å². The van der Waals surface area contributed by atoms with Crippen LogP contribution < -0.4 is 0 Å². The molecule has 0 aromatic carbocycles. The molecule has 2 unspecified atom stereocenters. The van der Waals surface area contributed by atoms with Gasteiger partial charge in [-0.25, -0.2) is 0 Å². The summed E-state index contributed by atoms with van der Waals surface area (Å²) in [5.41, 5.74) is -1.49. The van der Waals surface area contributed by atoms with Crippen molar-refractivity contribution in [1.29, 1.82) is 0 Å². The Morgan fingerprint density at radius 3 is 1.42 bits per heavy atom. The fraction of sp³-hybridized carbons (Fsp3) is 0.938. The summed E-state index contributed by atoms with van der Waals surface area (Å²) in [4.78, 5) is 26.6. The van der Waals surface area contributed by atoms with Crippen LogP contribution in [-0.4, -0.2) is 29.6 Å². The first-order valence-electron chi connectivity index (χ1n) is 14.1. The van der Waals surface area contributed by atoms with Crippen molar-refractivity contribution in [2.45, 2.75) is 154 Å². The second-order valence-electron chi connectivity index (χ2n) is 16.7. The van der Waals surface area contributed by atoms with Gasteiger partial charge >= 0.3 is 5.97 Å². The molecule has 0 N–H and O–H groups in total. The van der Waals surface area contributed by atoms with E-state index in [-0.39, 0.29) is 45.2 Å². The third kappa shape index (κ3) is 13.6. The van der Waals surface area contributed by atoms with Crippen molar-refractivity contribution in [1.82, 2.24) is 0 Å². The summed E-state index contributed by atoms with van der Waals surface area (Å²) in [5, 5.41) is 0. The van der Waals surface area contributed by atoms with Crippen molar-refractivity contribution >= 4 is 11.8 Å². The molecule has 0 spiro atoms. The van der Waals surface area contributed by atoms with Gasteiger partial charge in [0.2, 0.25) is 0 Å². The van der Waals surface area contributed by atoms with Gasteiger partial charge in [-0.1, -0.05) is 83.1 Å². The molecule has 0 saturated carbocycles. The summed E-state index contributed by atoms with van der Waals surface area (Å²) >= 11 is 0. The molecular formula is C32H62O4. The van der Waals surface area contributed by atoms with E-state index in [0.29, 0.717) is 6.61 Å². The van der Waals surface area contributed by atoms with Crippen LogP contribution in [0.3, 0.4) is 0 Å². The number of ketones is 1. The minimum atomic E-state index is -0.821. The van der Waals surface area contributed by atoms with Gasteiger partial charge in [0.15, 0.2) is 5.78 Å². The van der Waals surface area contributed by atoms with Gasteiger partial charge in [0.05, 0.1) is 5.92 Å². The average molecular weight is 511 g/mol. The van der Waals surface area contributed by atoms with Crippen molar-refractivity contribution in [3.63, 3.8) is 0 Å². The standard InChI is InChI=1S/C32H62O4/c1-27(2,3)21-23(29(7,8)9)25(33)32(15,16)35-20-18-17-19-31(13,14)36-26(34)24(30(10,11)12)22-28(4,5)6/h23-24H,17-22H2,1-16H3. The second-order valence-corrected chi connectivity index (χ2v) is 16.7. The molecule has 0 radical (unpaired) electrons. The van der Waals surface area contributed by atoms with E-state index in [0.717, 1.165) is 32.1 Å². The maximum absolute atomic E-state index is 13.5. The van der Waals surface area contributed by atoms with E-state index in [4.69, 9.17) is 9.47 Å². The molecule has 0 heterocycles. The Kier molecular flexibility index (Phi) is 12.0. The lowest BCUT2D eigenvalue weighted by molar-refractivity contribution is -0.168. The largest absolute Gasteiger partial charge is 0.459 e. The monoisotopic (exact) mass is 510 g/mol. The number of esters is 1. The van der Waals surface area contributed by atoms with E-state index < -0.39 is 11.2 Å². The minimum absolute atomic E-state index is 0.0571. The molecular weight excluding hydrogens is 448 g/mol. The zero-order valence-electron chi connectivity index (χ0n) is 27.0. The average Bonchev–Trinajstić information content (AvgIpc) is 2.59. The van der Waals surface area contributed by atoms with Gasteiger partial charge in [0, 0.05) is 12.5 Å². The molecule has 0 fully saturated rings. The highest BCUT2D eigenvalue weighted by Crippen LogP contribution is 2.40. The van der Waals surface area contributed by atoms with Gasteiger partial charge in [-0.15, -0.1) is 0 Å². The van der Waals surface area contributed by atoms with E-state index in [2.05, 4.69) is 83.1 Å². The van der Waals surface area contributed by atoms with Crippen LogP contribution in [0.1, 0.15) is 143 Å². The van der Waals surface area contributed by atoms with Crippen molar-refractivity contribution < 1.29 is 19.1 Å². The van der Waals surface area contributed by atoms with Crippen molar-refractivity contribution in [2.75, 3.05) is 6.61 Å². The van der Waals surface area contributed by atoms with Crippen LogP contribution in [0.2, 0.25) is 0 Å². The number of rotatable bonds is 12. The van der Waals surface area contributed by atoms with E-state index in [1.54, 1.807) is 0 Å². The Labute approximate surface area is 225 Å². The number of hydrogen-bond acceptors (Lipinski definition) is 4. The second kappa shape index (κ2) is 12.3. The smallest absolute Gasteiger partial charge is 0.310 e. The molecule has 0 rings (SSSR count). The molecule has 0 saturated heterocycles. The summed E-state index contributed by atoms with van der Waals surface area (Å²) in [6, 6.07) is 0. The number of ether oxygens (including phenoxy) is 2. The molecule has 214 valence electrons. The molecule has 0 aliphatic rings. The van der Waals surface area contributed by atoms with Crippen molar-refractivity contribution in [3.05, 3.63) is 0 Å².